The fourth-order valence-corrected chi connectivity index (χ4v) is 2.27. The van der Waals surface area contributed by atoms with Crippen molar-refractivity contribution >= 4 is 21.7 Å². The molecular formula is C15H12BrFO2. The second-order valence-corrected chi connectivity index (χ2v) is 4.93. The molecule has 0 unspecified atom stereocenters. The second kappa shape index (κ2) is 5.97. The molecule has 0 aromatic heterocycles. The van der Waals surface area contributed by atoms with Gasteiger partial charge in [-0.15, -0.1) is 0 Å². The minimum absolute atomic E-state index is 0.0186. The highest BCUT2D eigenvalue weighted by atomic mass is 79.9. The summed E-state index contributed by atoms with van der Waals surface area (Å²) in [5.74, 6) is 0.358. The van der Waals surface area contributed by atoms with Crippen LogP contribution < -0.4 is 4.74 Å². The average Bonchev–Trinajstić information content (AvgIpc) is 2.41. The van der Waals surface area contributed by atoms with E-state index in [-0.39, 0.29) is 18.0 Å². The molecule has 0 spiro atoms. The molecular weight excluding hydrogens is 311 g/mol. The molecule has 0 radical (unpaired) electrons. The molecule has 0 N–H and O–H groups in total. The van der Waals surface area contributed by atoms with Crippen molar-refractivity contribution in [2.24, 2.45) is 0 Å². The molecule has 0 saturated carbocycles. The minimum Gasteiger partial charge on any atom is -0.496 e. The Bertz CT molecular complexity index is 594. The number of rotatable bonds is 4. The quantitative estimate of drug-likeness (QED) is 0.795. The van der Waals surface area contributed by atoms with Crippen LogP contribution in [0.15, 0.2) is 46.9 Å². The van der Waals surface area contributed by atoms with Crippen molar-refractivity contribution in [3.8, 4) is 5.75 Å². The zero-order valence-electron chi connectivity index (χ0n) is 10.3. The Hall–Kier alpha value is -1.68. The molecule has 2 aromatic rings. The number of ether oxygens (including phenoxy) is 1. The molecule has 19 heavy (non-hydrogen) atoms. The van der Waals surface area contributed by atoms with Crippen LogP contribution in [0.25, 0.3) is 0 Å². The van der Waals surface area contributed by atoms with Gasteiger partial charge in [-0.05, 0) is 51.8 Å². The second-order valence-electron chi connectivity index (χ2n) is 4.08. The molecule has 0 aliphatic rings. The van der Waals surface area contributed by atoms with Crippen molar-refractivity contribution in [2.75, 3.05) is 7.11 Å². The zero-order valence-corrected chi connectivity index (χ0v) is 11.9. The molecule has 0 amide bonds. The van der Waals surface area contributed by atoms with Gasteiger partial charge in [-0.2, -0.15) is 0 Å². The van der Waals surface area contributed by atoms with E-state index in [9.17, 15) is 9.18 Å². The van der Waals surface area contributed by atoms with E-state index in [2.05, 4.69) is 15.9 Å². The van der Waals surface area contributed by atoms with Gasteiger partial charge < -0.3 is 4.74 Å². The topological polar surface area (TPSA) is 26.3 Å². The molecule has 2 nitrogen and oxygen atoms in total. The number of hydrogen-bond donors (Lipinski definition) is 0. The number of benzene rings is 2. The lowest BCUT2D eigenvalue weighted by Gasteiger charge is -2.06. The van der Waals surface area contributed by atoms with E-state index in [0.29, 0.717) is 11.3 Å². The number of carbonyl (C=O) groups excluding carboxylic acids is 1. The molecule has 0 atom stereocenters. The normalized spacial score (nSPS) is 10.3. The van der Waals surface area contributed by atoms with Crippen molar-refractivity contribution in [3.63, 3.8) is 0 Å². The van der Waals surface area contributed by atoms with E-state index in [4.69, 9.17) is 4.74 Å². The third-order valence-electron chi connectivity index (χ3n) is 2.75. The van der Waals surface area contributed by atoms with Gasteiger partial charge in [0.15, 0.2) is 5.78 Å². The number of Topliss-reactive ketones (excluding diaryl/α,β-unsaturated/α-hetero) is 1. The summed E-state index contributed by atoms with van der Waals surface area (Å²) < 4.78 is 18.6. The molecule has 2 aromatic carbocycles. The lowest BCUT2D eigenvalue weighted by atomic mass is 10.0. The van der Waals surface area contributed by atoms with Crippen LogP contribution in [-0.4, -0.2) is 12.9 Å². The summed E-state index contributed by atoms with van der Waals surface area (Å²) in [4.78, 5) is 12.1. The fraction of sp³-hybridized carbons (Fsp3) is 0.133. The van der Waals surface area contributed by atoms with Crippen LogP contribution in [-0.2, 0) is 6.42 Å². The van der Waals surface area contributed by atoms with Crippen LogP contribution in [0, 0.1) is 5.82 Å². The molecule has 2 rings (SSSR count). The fourth-order valence-electron chi connectivity index (χ4n) is 1.73. The first-order chi connectivity index (χ1) is 9.10. The van der Waals surface area contributed by atoms with Gasteiger partial charge in [0.1, 0.15) is 11.6 Å². The number of carbonyl (C=O) groups is 1. The van der Waals surface area contributed by atoms with Crippen molar-refractivity contribution < 1.29 is 13.9 Å². The molecule has 0 saturated heterocycles. The Morgan fingerprint density at radius 1 is 1.21 bits per heavy atom. The van der Waals surface area contributed by atoms with E-state index in [1.54, 1.807) is 37.4 Å². The zero-order chi connectivity index (χ0) is 13.8. The Kier molecular flexibility index (Phi) is 4.32. The highest BCUT2D eigenvalue weighted by Crippen LogP contribution is 2.26. The summed E-state index contributed by atoms with van der Waals surface area (Å²) in [6.45, 7) is 0. The summed E-state index contributed by atoms with van der Waals surface area (Å²) in [6, 6.07) is 11.1. The number of ketones is 1. The first kappa shape index (κ1) is 13.7. The Morgan fingerprint density at radius 2 is 1.89 bits per heavy atom. The van der Waals surface area contributed by atoms with E-state index < -0.39 is 0 Å². The molecule has 0 fully saturated rings. The Balaban J connectivity index is 2.16. The standard InChI is InChI=1S/C15H12BrFO2/c1-19-15-7-4-11(9-13(15)16)14(18)8-10-2-5-12(17)6-3-10/h2-7,9H,8H2,1H3. The van der Waals surface area contributed by atoms with Crippen LogP contribution in [0.4, 0.5) is 4.39 Å². The van der Waals surface area contributed by atoms with Gasteiger partial charge in [-0.1, -0.05) is 12.1 Å². The summed E-state index contributed by atoms with van der Waals surface area (Å²) in [6.07, 6.45) is 0.249. The molecule has 98 valence electrons. The largest absolute Gasteiger partial charge is 0.496 e. The number of hydrogen-bond acceptors (Lipinski definition) is 2. The summed E-state index contributed by atoms with van der Waals surface area (Å²) in [7, 11) is 1.57. The van der Waals surface area contributed by atoms with Crippen LogP contribution in [0.5, 0.6) is 5.75 Å². The van der Waals surface area contributed by atoms with Crippen LogP contribution >= 0.6 is 15.9 Å². The highest BCUT2D eigenvalue weighted by Gasteiger charge is 2.10. The first-order valence-corrected chi connectivity index (χ1v) is 6.50. The van der Waals surface area contributed by atoms with Gasteiger partial charge in [0.05, 0.1) is 11.6 Å². The average molecular weight is 323 g/mol. The summed E-state index contributed by atoms with van der Waals surface area (Å²) in [5.41, 5.74) is 1.38. The van der Waals surface area contributed by atoms with Gasteiger partial charge in [0.2, 0.25) is 0 Å². The number of methoxy groups -OCH3 is 1. The van der Waals surface area contributed by atoms with Crippen LogP contribution in [0.2, 0.25) is 0 Å². The smallest absolute Gasteiger partial charge is 0.167 e. The predicted molar refractivity (Wildman–Crippen MR) is 75.1 cm³/mol. The third kappa shape index (κ3) is 3.41. The van der Waals surface area contributed by atoms with E-state index >= 15 is 0 Å². The van der Waals surface area contributed by atoms with Crippen molar-refractivity contribution in [1.29, 1.82) is 0 Å². The van der Waals surface area contributed by atoms with Crippen LogP contribution in [0.3, 0.4) is 0 Å². The van der Waals surface area contributed by atoms with E-state index in [0.717, 1.165) is 10.0 Å². The Morgan fingerprint density at radius 3 is 2.47 bits per heavy atom. The molecule has 0 bridgehead atoms. The van der Waals surface area contributed by atoms with Gasteiger partial charge in [0, 0.05) is 12.0 Å². The maximum atomic E-state index is 12.8. The predicted octanol–water partition coefficient (Wildman–Crippen LogP) is 4.02. The van der Waals surface area contributed by atoms with Gasteiger partial charge >= 0.3 is 0 Å². The molecule has 0 heterocycles. The maximum Gasteiger partial charge on any atom is 0.167 e. The summed E-state index contributed by atoms with van der Waals surface area (Å²) in [5, 5.41) is 0. The van der Waals surface area contributed by atoms with E-state index in [1.807, 2.05) is 0 Å². The van der Waals surface area contributed by atoms with E-state index in [1.165, 1.54) is 12.1 Å². The molecule has 4 heteroatoms. The molecule has 0 aliphatic heterocycles. The van der Waals surface area contributed by atoms with Crippen molar-refractivity contribution in [2.45, 2.75) is 6.42 Å². The molecule has 0 aliphatic carbocycles. The van der Waals surface area contributed by atoms with Gasteiger partial charge in [-0.3, -0.25) is 4.79 Å². The van der Waals surface area contributed by atoms with Crippen molar-refractivity contribution in [3.05, 3.63) is 63.9 Å². The Labute approximate surface area is 119 Å². The van der Waals surface area contributed by atoms with Gasteiger partial charge in [-0.25, -0.2) is 4.39 Å². The monoisotopic (exact) mass is 322 g/mol. The summed E-state index contributed by atoms with van der Waals surface area (Å²) >= 11 is 3.34. The third-order valence-corrected chi connectivity index (χ3v) is 3.37. The lowest BCUT2D eigenvalue weighted by Crippen LogP contribution is -2.03. The highest BCUT2D eigenvalue weighted by molar-refractivity contribution is 9.10. The number of halogens is 2. The first-order valence-electron chi connectivity index (χ1n) is 5.71. The maximum absolute atomic E-state index is 12.8. The lowest BCUT2D eigenvalue weighted by molar-refractivity contribution is 0.0993. The van der Waals surface area contributed by atoms with Gasteiger partial charge in [0.25, 0.3) is 0 Å². The minimum atomic E-state index is -0.302. The van der Waals surface area contributed by atoms with Crippen molar-refractivity contribution in [1.82, 2.24) is 0 Å². The SMILES string of the molecule is COc1ccc(C(=O)Cc2ccc(F)cc2)cc1Br. The van der Waals surface area contributed by atoms with Crippen LogP contribution in [0.1, 0.15) is 15.9 Å².